The Labute approximate surface area is 129 Å². The highest BCUT2D eigenvalue weighted by atomic mass is 16.5. The van der Waals surface area contributed by atoms with Crippen LogP contribution in [0.15, 0.2) is 23.8 Å². The zero-order valence-corrected chi connectivity index (χ0v) is 13.3. The molecule has 0 spiro atoms. The average Bonchev–Trinajstić information content (AvgIpc) is 2.51. The lowest BCUT2D eigenvalue weighted by atomic mass is 10.1. The zero-order chi connectivity index (χ0) is 16.7. The summed E-state index contributed by atoms with van der Waals surface area (Å²) in [7, 11) is 3.90. The van der Waals surface area contributed by atoms with Crippen LogP contribution in [0.3, 0.4) is 0 Å². The van der Waals surface area contributed by atoms with Gasteiger partial charge in [0.1, 0.15) is 17.1 Å². The summed E-state index contributed by atoms with van der Waals surface area (Å²) in [6.07, 6.45) is 1.29. The monoisotopic (exact) mass is 308 g/mol. The minimum absolute atomic E-state index is 0.0692. The number of methoxy groups -OCH3 is 3. The fourth-order valence-corrected chi connectivity index (χ4v) is 1.70. The van der Waals surface area contributed by atoms with Gasteiger partial charge in [-0.25, -0.2) is 9.59 Å². The molecule has 0 radical (unpaired) electrons. The molecule has 0 saturated carbocycles. The van der Waals surface area contributed by atoms with Crippen molar-refractivity contribution in [1.29, 1.82) is 0 Å². The molecule has 1 aromatic carbocycles. The summed E-state index contributed by atoms with van der Waals surface area (Å²) >= 11 is 0. The van der Waals surface area contributed by atoms with E-state index in [1.54, 1.807) is 18.2 Å². The fraction of sp³-hybridized carbons (Fsp3) is 0.375. The van der Waals surface area contributed by atoms with E-state index in [4.69, 9.17) is 9.47 Å². The van der Waals surface area contributed by atoms with Crippen LogP contribution in [0, 0.1) is 0 Å². The van der Waals surface area contributed by atoms with Crippen molar-refractivity contribution in [3.05, 3.63) is 29.3 Å². The third-order valence-electron chi connectivity index (χ3n) is 2.69. The molecule has 0 fully saturated rings. The molecule has 0 saturated heterocycles. The molecule has 6 heteroatoms. The molecule has 22 heavy (non-hydrogen) atoms. The van der Waals surface area contributed by atoms with Crippen LogP contribution < -0.4 is 9.47 Å². The second-order valence-corrected chi connectivity index (χ2v) is 4.61. The largest absolute Gasteiger partial charge is 0.497 e. The summed E-state index contributed by atoms with van der Waals surface area (Å²) in [5.41, 5.74) is 0.283. The van der Waals surface area contributed by atoms with Gasteiger partial charge in [0.15, 0.2) is 0 Å². The van der Waals surface area contributed by atoms with E-state index in [9.17, 15) is 9.59 Å². The Bertz CT molecular complexity index is 556. The standard InChI is InChI=1S/C16H20O6/c1-10(2)22-14-7-6-12(19-3)8-11(14)9-13(15(17)20-4)16(18)21-5/h6-10H,1-5H3. The normalized spacial score (nSPS) is 9.91. The predicted molar refractivity (Wildman–Crippen MR) is 80.8 cm³/mol. The molecule has 0 heterocycles. The summed E-state index contributed by atoms with van der Waals surface area (Å²) in [6, 6.07) is 5.09. The van der Waals surface area contributed by atoms with Gasteiger partial charge in [0, 0.05) is 5.56 Å². The lowest BCUT2D eigenvalue weighted by Crippen LogP contribution is -2.16. The van der Waals surface area contributed by atoms with Gasteiger partial charge in [-0.1, -0.05) is 0 Å². The number of benzene rings is 1. The van der Waals surface area contributed by atoms with E-state index < -0.39 is 11.9 Å². The summed E-state index contributed by atoms with van der Waals surface area (Å²) in [4.78, 5) is 23.5. The molecule has 0 aliphatic rings. The molecular formula is C16H20O6. The van der Waals surface area contributed by atoms with Gasteiger partial charge in [-0.05, 0) is 38.1 Å². The van der Waals surface area contributed by atoms with Gasteiger partial charge < -0.3 is 18.9 Å². The van der Waals surface area contributed by atoms with E-state index in [0.717, 1.165) is 0 Å². The van der Waals surface area contributed by atoms with E-state index in [1.165, 1.54) is 27.4 Å². The van der Waals surface area contributed by atoms with Crippen molar-refractivity contribution in [3.63, 3.8) is 0 Å². The predicted octanol–water partition coefficient (Wildman–Crippen LogP) is 2.21. The Kier molecular flexibility index (Phi) is 6.44. The molecule has 0 unspecified atom stereocenters. The van der Waals surface area contributed by atoms with Crippen LogP contribution >= 0.6 is 0 Å². The van der Waals surface area contributed by atoms with Crippen LogP contribution in [-0.4, -0.2) is 39.4 Å². The molecule has 1 aromatic rings. The maximum atomic E-state index is 11.7. The van der Waals surface area contributed by atoms with Crippen molar-refractivity contribution in [2.45, 2.75) is 20.0 Å². The lowest BCUT2D eigenvalue weighted by Gasteiger charge is -2.14. The molecule has 120 valence electrons. The topological polar surface area (TPSA) is 71.1 Å². The Morgan fingerprint density at radius 3 is 2.09 bits per heavy atom. The van der Waals surface area contributed by atoms with Gasteiger partial charge in [0.2, 0.25) is 0 Å². The van der Waals surface area contributed by atoms with Crippen molar-refractivity contribution in [1.82, 2.24) is 0 Å². The van der Waals surface area contributed by atoms with Gasteiger partial charge in [-0.15, -0.1) is 0 Å². The third kappa shape index (κ3) is 4.51. The maximum absolute atomic E-state index is 11.7. The highest BCUT2D eigenvalue weighted by Gasteiger charge is 2.21. The Morgan fingerprint density at radius 2 is 1.64 bits per heavy atom. The van der Waals surface area contributed by atoms with Crippen molar-refractivity contribution in [2.75, 3.05) is 21.3 Å². The second kappa shape index (κ2) is 8.07. The Hall–Kier alpha value is -2.50. The first-order valence-electron chi connectivity index (χ1n) is 6.66. The summed E-state index contributed by atoms with van der Waals surface area (Å²) in [5.74, 6) is -0.493. The van der Waals surface area contributed by atoms with E-state index in [1.807, 2.05) is 13.8 Å². The number of esters is 2. The number of hydrogen-bond donors (Lipinski definition) is 0. The second-order valence-electron chi connectivity index (χ2n) is 4.61. The molecule has 0 aliphatic carbocycles. The smallest absolute Gasteiger partial charge is 0.345 e. The molecule has 0 atom stereocenters. The highest BCUT2D eigenvalue weighted by molar-refractivity contribution is 6.17. The number of ether oxygens (including phenoxy) is 4. The molecule has 0 N–H and O–H groups in total. The summed E-state index contributed by atoms with van der Waals surface area (Å²) in [5, 5.41) is 0. The molecule has 1 rings (SSSR count). The first-order valence-corrected chi connectivity index (χ1v) is 6.66. The third-order valence-corrected chi connectivity index (χ3v) is 2.69. The van der Waals surface area contributed by atoms with Crippen LogP contribution in [0.5, 0.6) is 11.5 Å². The minimum Gasteiger partial charge on any atom is -0.497 e. The molecule has 0 amide bonds. The molecular weight excluding hydrogens is 288 g/mol. The van der Waals surface area contributed by atoms with Crippen molar-refractivity contribution < 1.29 is 28.5 Å². The van der Waals surface area contributed by atoms with Crippen LogP contribution in [0.1, 0.15) is 19.4 Å². The fourth-order valence-electron chi connectivity index (χ4n) is 1.70. The van der Waals surface area contributed by atoms with Crippen molar-refractivity contribution in [2.24, 2.45) is 0 Å². The molecule has 0 bridgehead atoms. The van der Waals surface area contributed by atoms with Gasteiger partial charge in [0.25, 0.3) is 0 Å². The number of hydrogen-bond acceptors (Lipinski definition) is 6. The van der Waals surface area contributed by atoms with E-state index in [-0.39, 0.29) is 11.7 Å². The van der Waals surface area contributed by atoms with E-state index >= 15 is 0 Å². The van der Waals surface area contributed by atoms with Gasteiger partial charge in [-0.2, -0.15) is 0 Å². The van der Waals surface area contributed by atoms with Crippen LogP contribution in [-0.2, 0) is 19.1 Å². The first kappa shape index (κ1) is 17.6. The molecule has 6 nitrogen and oxygen atoms in total. The van der Waals surface area contributed by atoms with Crippen molar-refractivity contribution >= 4 is 18.0 Å². The number of rotatable bonds is 6. The molecule has 0 aliphatic heterocycles. The van der Waals surface area contributed by atoms with Crippen molar-refractivity contribution in [3.8, 4) is 11.5 Å². The quantitative estimate of drug-likeness (QED) is 0.347. The van der Waals surface area contributed by atoms with Gasteiger partial charge in [0.05, 0.1) is 27.4 Å². The first-order chi connectivity index (χ1) is 10.4. The van der Waals surface area contributed by atoms with Crippen LogP contribution in [0.4, 0.5) is 0 Å². The SMILES string of the molecule is COC(=O)C(=Cc1cc(OC)ccc1OC(C)C)C(=O)OC. The minimum atomic E-state index is -0.787. The summed E-state index contributed by atoms with van der Waals surface area (Å²) < 4.78 is 20.0. The highest BCUT2D eigenvalue weighted by Crippen LogP contribution is 2.27. The average molecular weight is 308 g/mol. The Balaban J connectivity index is 3.38. The summed E-state index contributed by atoms with van der Waals surface area (Å²) in [6.45, 7) is 3.75. The maximum Gasteiger partial charge on any atom is 0.345 e. The molecule has 0 aromatic heterocycles. The van der Waals surface area contributed by atoms with Gasteiger partial charge in [-0.3, -0.25) is 0 Å². The Morgan fingerprint density at radius 1 is 1.05 bits per heavy atom. The zero-order valence-electron chi connectivity index (χ0n) is 13.3. The van der Waals surface area contributed by atoms with E-state index in [2.05, 4.69) is 9.47 Å². The number of carbonyl (C=O) groups is 2. The lowest BCUT2D eigenvalue weighted by molar-refractivity contribution is -0.143. The number of carbonyl (C=O) groups excluding carboxylic acids is 2. The van der Waals surface area contributed by atoms with Crippen LogP contribution in [0.2, 0.25) is 0 Å². The van der Waals surface area contributed by atoms with E-state index in [0.29, 0.717) is 17.1 Å². The van der Waals surface area contributed by atoms with Crippen LogP contribution in [0.25, 0.3) is 6.08 Å². The van der Waals surface area contributed by atoms with Gasteiger partial charge >= 0.3 is 11.9 Å².